The van der Waals surface area contributed by atoms with E-state index < -0.39 is 0 Å². The van der Waals surface area contributed by atoms with E-state index in [9.17, 15) is 0 Å². The van der Waals surface area contributed by atoms with E-state index in [-0.39, 0.29) is 0 Å². The van der Waals surface area contributed by atoms with E-state index in [2.05, 4.69) is 28.1 Å². The minimum Gasteiger partial charge on any atom is -0.399 e. The first-order valence-corrected chi connectivity index (χ1v) is 6.80. The van der Waals surface area contributed by atoms with Crippen molar-refractivity contribution in [1.82, 2.24) is 9.88 Å². The molecule has 1 aromatic carbocycles. The average Bonchev–Trinajstić information content (AvgIpc) is 2.46. The van der Waals surface area contributed by atoms with Crippen LogP contribution in [-0.4, -0.2) is 23.0 Å². The van der Waals surface area contributed by atoms with Crippen molar-refractivity contribution in [1.29, 1.82) is 0 Å². The quantitative estimate of drug-likeness (QED) is 0.853. The molecule has 1 aliphatic rings. The molecule has 0 spiro atoms. The van der Waals surface area contributed by atoms with Crippen LogP contribution in [0.25, 0.3) is 0 Å². The van der Waals surface area contributed by atoms with Crippen LogP contribution in [0.1, 0.15) is 16.7 Å². The summed E-state index contributed by atoms with van der Waals surface area (Å²) in [5.74, 6) is 0. The molecule has 0 radical (unpaired) electrons. The molecule has 3 nitrogen and oxygen atoms in total. The Balaban J connectivity index is 1.62. The van der Waals surface area contributed by atoms with Gasteiger partial charge in [0.15, 0.2) is 0 Å². The van der Waals surface area contributed by atoms with Gasteiger partial charge in [-0.15, -0.1) is 0 Å². The van der Waals surface area contributed by atoms with Gasteiger partial charge < -0.3 is 5.73 Å². The molecule has 3 heteroatoms. The molecule has 98 valence electrons. The summed E-state index contributed by atoms with van der Waals surface area (Å²) in [7, 11) is 0. The van der Waals surface area contributed by atoms with Crippen LogP contribution in [0.3, 0.4) is 0 Å². The Kier molecular flexibility index (Phi) is 3.47. The van der Waals surface area contributed by atoms with Gasteiger partial charge in [0.05, 0.1) is 0 Å². The smallest absolute Gasteiger partial charge is 0.0317 e. The Labute approximate surface area is 114 Å². The molecular weight excluding hydrogens is 234 g/mol. The SMILES string of the molecule is Nc1ccc2c(c1)CN(CCc1cccnc1)CC2. The molecule has 2 N–H and O–H groups in total. The van der Waals surface area contributed by atoms with Gasteiger partial charge in [0.2, 0.25) is 0 Å². The summed E-state index contributed by atoms with van der Waals surface area (Å²) >= 11 is 0. The van der Waals surface area contributed by atoms with Crippen molar-refractivity contribution in [3.8, 4) is 0 Å². The van der Waals surface area contributed by atoms with Crippen molar-refractivity contribution < 1.29 is 0 Å². The zero-order chi connectivity index (χ0) is 13.1. The third-order valence-electron chi connectivity index (χ3n) is 3.76. The van der Waals surface area contributed by atoms with Gasteiger partial charge in [-0.05, 0) is 47.7 Å². The Morgan fingerprint density at radius 3 is 3.00 bits per heavy atom. The fourth-order valence-corrected chi connectivity index (χ4v) is 2.66. The Hall–Kier alpha value is -1.87. The van der Waals surface area contributed by atoms with Crippen molar-refractivity contribution in [2.75, 3.05) is 18.8 Å². The van der Waals surface area contributed by atoms with Crippen LogP contribution < -0.4 is 5.73 Å². The van der Waals surface area contributed by atoms with Crippen molar-refractivity contribution >= 4 is 5.69 Å². The molecule has 2 heterocycles. The first-order chi connectivity index (χ1) is 9.31. The molecule has 0 saturated heterocycles. The van der Waals surface area contributed by atoms with E-state index in [0.29, 0.717) is 0 Å². The zero-order valence-electron chi connectivity index (χ0n) is 11.0. The summed E-state index contributed by atoms with van der Waals surface area (Å²) < 4.78 is 0. The Morgan fingerprint density at radius 1 is 1.21 bits per heavy atom. The fraction of sp³-hybridized carbons (Fsp3) is 0.312. The average molecular weight is 253 g/mol. The summed E-state index contributed by atoms with van der Waals surface area (Å²) in [5.41, 5.74) is 10.9. The normalized spacial score (nSPS) is 15.2. The molecule has 0 unspecified atom stereocenters. The molecule has 3 rings (SSSR count). The van der Waals surface area contributed by atoms with E-state index in [4.69, 9.17) is 5.73 Å². The molecule has 0 fully saturated rings. The number of nitrogens with two attached hydrogens (primary N) is 1. The minimum absolute atomic E-state index is 0.868. The van der Waals surface area contributed by atoms with E-state index in [1.165, 1.54) is 16.7 Å². The van der Waals surface area contributed by atoms with E-state index in [1.54, 1.807) is 0 Å². The number of hydrogen-bond acceptors (Lipinski definition) is 3. The second kappa shape index (κ2) is 5.41. The van der Waals surface area contributed by atoms with E-state index >= 15 is 0 Å². The number of aromatic nitrogens is 1. The minimum atomic E-state index is 0.868. The summed E-state index contributed by atoms with van der Waals surface area (Å²) in [6, 6.07) is 10.4. The highest BCUT2D eigenvalue weighted by atomic mass is 15.1. The maximum atomic E-state index is 5.87. The zero-order valence-corrected chi connectivity index (χ0v) is 11.0. The van der Waals surface area contributed by atoms with Crippen LogP contribution in [-0.2, 0) is 19.4 Å². The van der Waals surface area contributed by atoms with E-state index in [1.807, 2.05) is 24.5 Å². The van der Waals surface area contributed by atoms with Crippen molar-refractivity contribution in [2.24, 2.45) is 0 Å². The summed E-state index contributed by atoms with van der Waals surface area (Å²) in [4.78, 5) is 6.66. The molecular formula is C16H19N3. The highest BCUT2D eigenvalue weighted by molar-refractivity contribution is 5.45. The maximum Gasteiger partial charge on any atom is 0.0317 e. The third kappa shape index (κ3) is 2.93. The molecule has 0 aliphatic carbocycles. The van der Waals surface area contributed by atoms with Crippen LogP contribution in [0, 0.1) is 0 Å². The van der Waals surface area contributed by atoms with Crippen LogP contribution in [0.4, 0.5) is 5.69 Å². The molecule has 0 saturated carbocycles. The number of anilines is 1. The van der Waals surface area contributed by atoms with Gasteiger partial charge in [-0.25, -0.2) is 0 Å². The third-order valence-corrected chi connectivity index (χ3v) is 3.76. The predicted molar refractivity (Wildman–Crippen MR) is 77.8 cm³/mol. The van der Waals surface area contributed by atoms with Crippen LogP contribution in [0.2, 0.25) is 0 Å². The second-order valence-corrected chi connectivity index (χ2v) is 5.17. The molecule has 0 atom stereocenters. The summed E-state index contributed by atoms with van der Waals surface area (Å²) in [6.07, 6.45) is 5.97. The van der Waals surface area contributed by atoms with Gasteiger partial charge in [-0.3, -0.25) is 9.88 Å². The summed E-state index contributed by atoms with van der Waals surface area (Å²) in [6.45, 7) is 3.23. The van der Waals surface area contributed by atoms with Crippen LogP contribution in [0.15, 0.2) is 42.7 Å². The number of hydrogen-bond donors (Lipinski definition) is 1. The van der Waals surface area contributed by atoms with Gasteiger partial charge in [-0.1, -0.05) is 12.1 Å². The lowest BCUT2D eigenvalue weighted by Gasteiger charge is -2.28. The Morgan fingerprint density at radius 2 is 2.16 bits per heavy atom. The lowest BCUT2D eigenvalue weighted by atomic mass is 9.99. The Bertz CT molecular complexity index is 551. The number of fused-ring (bicyclic) bond motifs is 1. The number of nitrogen functional groups attached to an aromatic ring is 1. The largest absolute Gasteiger partial charge is 0.399 e. The van der Waals surface area contributed by atoms with Gasteiger partial charge >= 0.3 is 0 Å². The molecule has 1 aliphatic heterocycles. The van der Waals surface area contributed by atoms with Gasteiger partial charge in [0.1, 0.15) is 0 Å². The fourth-order valence-electron chi connectivity index (χ4n) is 2.66. The second-order valence-electron chi connectivity index (χ2n) is 5.17. The van der Waals surface area contributed by atoms with Gasteiger partial charge in [-0.2, -0.15) is 0 Å². The first-order valence-electron chi connectivity index (χ1n) is 6.80. The topological polar surface area (TPSA) is 42.1 Å². The molecule has 2 aromatic rings. The molecule has 19 heavy (non-hydrogen) atoms. The first kappa shape index (κ1) is 12.2. The lowest BCUT2D eigenvalue weighted by Crippen LogP contribution is -2.32. The molecule has 0 amide bonds. The van der Waals surface area contributed by atoms with Crippen molar-refractivity contribution in [2.45, 2.75) is 19.4 Å². The number of nitrogens with zero attached hydrogens (tertiary/aromatic N) is 2. The van der Waals surface area contributed by atoms with E-state index in [0.717, 1.165) is 38.2 Å². The van der Waals surface area contributed by atoms with Crippen molar-refractivity contribution in [3.05, 3.63) is 59.4 Å². The maximum absolute atomic E-state index is 5.87. The lowest BCUT2D eigenvalue weighted by molar-refractivity contribution is 0.257. The monoisotopic (exact) mass is 253 g/mol. The van der Waals surface area contributed by atoms with Gasteiger partial charge in [0, 0.05) is 37.7 Å². The molecule has 1 aromatic heterocycles. The highest BCUT2D eigenvalue weighted by Gasteiger charge is 2.15. The van der Waals surface area contributed by atoms with Crippen LogP contribution >= 0.6 is 0 Å². The molecule has 0 bridgehead atoms. The highest BCUT2D eigenvalue weighted by Crippen LogP contribution is 2.21. The number of rotatable bonds is 3. The van der Waals surface area contributed by atoms with Gasteiger partial charge in [0.25, 0.3) is 0 Å². The number of pyridine rings is 1. The predicted octanol–water partition coefficient (Wildman–Crippen LogP) is 2.26. The number of benzene rings is 1. The van der Waals surface area contributed by atoms with Crippen molar-refractivity contribution in [3.63, 3.8) is 0 Å². The standard InChI is InChI=1S/C16H19N3/c17-16-4-3-14-6-9-19(12-15(14)10-16)8-5-13-2-1-7-18-11-13/h1-4,7,10-11H,5-6,8-9,12,17H2. The van der Waals surface area contributed by atoms with Crippen LogP contribution in [0.5, 0.6) is 0 Å². The summed E-state index contributed by atoms with van der Waals surface area (Å²) in [5, 5.41) is 0.